The minimum atomic E-state index is 0.795. The Morgan fingerprint density at radius 3 is 2.47 bits per heavy atom. The quantitative estimate of drug-likeness (QED) is 0.624. The number of rotatable bonds is 0. The first kappa shape index (κ1) is 9.41. The highest BCUT2D eigenvalue weighted by molar-refractivity contribution is 5.40. The first-order chi connectivity index (χ1) is 7.24. The molecule has 0 saturated carbocycles. The summed E-state index contributed by atoms with van der Waals surface area (Å²) < 4.78 is 0. The molecule has 2 aliphatic heterocycles. The summed E-state index contributed by atoms with van der Waals surface area (Å²) >= 11 is 0. The Hall–Kier alpha value is -0.820. The van der Waals surface area contributed by atoms with Crippen molar-refractivity contribution in [3.63, 3.8) is 0 Å². The number of aryl methyl sites for hydroxylation is 1. The minimum Gasteiger partial charge on any atom is -0.305 e. The van der Waals surface area contributed by atoms with Crippen LogP contribution in [-0.4, -0.2) is 25.0 Å². The van der Waals surface area contributed by atoms with Crippen molar-refractivity contribution < 1.29 is 0 Å². The Morgan fingerprint density at radius 1 is 1.07 bits per heavy atom. The highest BCUT2D eigenvalue weighted by Crippen LogP contribution is 2.42. The van der Waals surface area contributed by atoms with E-state index in [-0.39, 0.29) is 0 Å². The molecule has 1 saturated heterocycles. The second-order valence-corrected chi connectivity index (χ2v) is 5.32. The predicted octanol–water partition coefficient (Wildman–Crippen LogP) is 2.90. The van der Waals surface area contributed by atoms with Crippen LogP contribution < -0.4 is 0 Å². The summed E-state index contributed by atoms with van der Waals surface area (Å²) in [7, 11) is 2.27. The molecule has 1 aromatic rings. The molecule has 2 unspecified atom stereocenters. The van der Waals surface area contributed by atoms with Gasteiger partial charge in [-0.2, -0.15) is 0 Å². The summed E-state index contributed by atoms with van der Waals surface area (Å²) in [6.45, 7) is 4.72. The van der Waals surface area contributed by atoms with Crippen LogP contribution in [0.15, 0.2) is 18.2 Å². The average molecular weight is 201 g/mol. The van der Waals surface area contributed by atoms with Gasteiger partial charge in [-0.15, -0.1) is 0 Å². The molecule has 2 heterocycles. The molecule has 15 heavy (non-hydrogen) atoms. The summed E-state index contributed by atoms with van der Waals surface area (Å²) in [6.07, 6.45) is 2.79. The third kappa shape index (κ3) is 1.50. The van der Waals surface area contributed by atoms with Crippen LogP contribution in [0.3, 0.4) is 0 Å². The highest BCUT2D eigenvalue weighted by atomic mass is 15.1. The third-order valence-electron chi connectivity index (χ3n) is 4.05. The van der Waals surface area contributed by atoms with Crippen LogP contribution in [0.2, 0.25) is 0 Å². The van der Waals surface area contributed by atoms with Crippen LogP contribution in [0.1, 0.15) is 41.4 Å². The van der Waals surface area contributed by atoms with Crippen molar-refractivity contribution in [2.24, 2.45) is 0 Å². The maximum absolute atomic E-state index is 2.51. The molecule has 0 spiro atoms. The molecule has 1 fully saturated rings. The van der Waals surface area contributed by atoms with E-state index in [2.05, 4.69) is 37.1 Å². The van der Waals surface area contributed by atoms with Gasteiger partial charge in [0.2, 0.25) is 0 Å². The molecule has 1 nitrogen and oxygen atoms in total. The van der Waals surface area contributed by atoms with E-state index in [0.29, 0.717) is 0 Å². The van der Waals surface area contributed by atoms with Gasteiger partial charge in [0.05, 0.1) is 0 Å². The molecular formula is C14H19N. The molecule has 0 aromatic heterocycles. The Labute approximate surface area is 92.1 Å². The summed E-state index contributed by atoms with van der Waals surface area (Å²) in [5.41, 5.74) is 4.71. The lowest BCUT2D eigenvalue weighted by atomic mass is 9.78. The van der Waals surface area contributed by atoms with Gasteiger partial charge >= 0.3 is 0 Å². The van der Waals surface area contributed by atoms with Crippen LogP contribution in [0, 0.1) is 6.92 Å². The van der Waals surface area contributed by atoms with Gasteiger partial charge in [0, 0.05) is 13.1 Å². The van der Waals surface area contributed by atoms with Crippen LogP contribution >= 0.6 is 0 Å². The van der Waals surface area contributed by atoms with E-state index < -0.39 is 0 Å². The van der Waals surface area contributed by atoms with Crippen molar-refractivity contribution in [1.29, 1.82) is 0 Å². The van der Waals surface area contributed by atoms with Gasteiger partial charge in [0.1, 0.15) is 0 Å². The zero-order valence-electron chi connectivity index (χ0n) is 9.66. The maximum Gasteiger partial charge on any atom is 0.00476 e. The molecule has 3 aliphatic rings. The first-order valence-corrected chi connectivity index (χ1v) is 6.03. The fourth-order valence-corrected chi connectivity index (χ4v) is 3.34. The lowest BCUT2D eigenvalue weighted by Gasteiger charge is -2.26. The van der Waals surface area contributed by atoms with Crippen molar-refractivity contribution in [2.45, 2.75) is 31.6 Å². The van der Waals surface area contributed by atoms with Gasteiger partial charge in [0.15, 0.2) is 0 Å². The smallest absolute Gasteiger partial charge is 0.00476 e. The monoisotopic (exact) mass is 201 g/mol. The number of benzene rings is 1. The Bertz CT molecular complexity index is 383. The van der Waals surface area contributed by atoms with E-state index in [9.17, 15) is 0 Å². The zero-order valence-corrected chi connectivity index (χ0v) is 9.66. The predicted molar refractivity (Wildman–Crippen MR) is 63.4 cm³/mol. The lowest BCUT2D eigenvalue weighted by molar-refractivity contribution is 0.331. The van der Waals surface area contributed by atoms with Gasteiger partial charge in [0.25, 0.3) is 0 Å². The van der Waals surface area contributed by atoms with E-state index in [1.54, 1.807) is 11.1 Å². The SMILES string of the molecule is Cc1ccc2c(c1)C1CCC2CN(C)C1. The fourth-order valence-electron chi connectivity index (χ4n) is 3.34. The van der Waals surface area contributed by atoms with Gasteiger partial charge in [-0.1, -0.05) is 23.8 Å². The van der Waals surface area contributed by atoms with Gasteiger partial charge in [-0.25, -0.2) is 0 Å². The van der Waals surface area contributed by atoms with Gasteiger partial charge < -0.3 is 4.90 Å². The Kier molecular flexibility index (Phi) is 2.10. The Morgan fingerprint density at radius 2 is 1.73 bits per heavy atom. The minimum absolute atomic E-state index is 0.795. The molecule has 2 atom stereocenters. The Balaban J connectivity index is 2.12. The molecule has 2 bridgehead atoms. The molecule has 0 radical (unpaired) electrons. The molecular weight excluding hydrogens is 182 g/mol. The van der Waals surface area contributed by atoms with Crippen molar-refractivity contribution in [3.8, 4) is 0 Å². The number of nitrogens with zero attached hydrogens (tertiary/aromatic N) is 1. The van der Waals surface area contributed by atoms with Crippen LogP contribution in [0.25, 0.3) is 0 Å². The van der Waals surface area contributed by atoms with Crippen LogP contribution in [0.4, 0.5) is 0 Å². The number of likely N-dealkylation sites (N-methyl/N-ethyl adjacent to an activating group) is 1. The lowest BCUT2D eigenvalue weighted by Crippen LogP contribution is -2.22. The first-order valence-electron chi connectivity index (χ1n) is 6.03. The number of hydrogen-bond donors (Lipinski definition) is 0. The molecule has 1 heteroatoms. The normalized spacial score (nSPS) is 30.0. The van der Waals surface area contributed by atoms with Crippen LogP contribution in [0.5, 0.6) is 0 Å². The number of fused-ring (bicyclic) bond motifs is 3. The summed E-state index contributed by atoms with van der Waals surface area (Å²) in [6, 6.07) is 7.07. The standard InChI is InChI=1S/C14H19N/c1-10-3-6-13-11-4-5-12(14(13)7-10)9-15(2)8-11/h3,6-7,11-12H,4-5,8-9H2,1-2H3. The topological polar surface area (TPSA) is 3.24 Å². The van der Waals surface area contributed by atoms with E-state index in [1.807, 2.05) is 0 Å². The largest absolute Gasteiger partial charge is 0.305 e. The van der Waals surface area contributed by atoms with E-state index in [0.717, 1.165) is 11.8 Å². The molecule has 1 aliphatic carbocycles. The van der Waals surface area contributed by atoms with Crippen molar-refractivity contribution >= 4 is 0 Å². The molecule has 1 aromatic carbocycles. The molecule has 0 amide bonds. The number of hydrogen-bond acceptors (Lipinski definition) is 1. The summed E-state index contributed by atoms with van der Waals surface area (Å²) in [4.78, 5) is 2.51. The fraction of sp³-hybridized carbons (Fsp3) is 0.571. The zero-order chi connectivity index (χ0) is 10.4. The highest BCUT2D eigenvalue weighted by Gasteiger charge is 2.32. The van der Waals surface area contributed by atoms with E-state index >= 15 is 0 Å². The van der Waals surface area contributed by atoms with E-state index in [1.165, 1.54) is 31.5 Å². The summed E-state index contributed by atoms with van der Waals surface area (Å²) in [5.74, 6) is 1.59. The van der Waals surface area contributed by atoms with Crippen molar-refractivity contribution in [3.05, 3.63) is 34.9 Å². The van der Waals surface area contributed by atoms with Gasteiger partial charge in [-0.05, 0) is 49.8 Å². The van der Waals surface area contributed by atoms with Crippen molar-refractivity contribution in [1.82, 2.24) is 4.90 Å². The maximum atomic E-state index is 2.51. The molecule has 80 valence electrons. The second kappa shape index (κ2) is 3.34. The van der Waals surface area contributed by atoms with Crippen LogP contribution in [-0.2, 0) is 0 Å². The van der Waals surface area contributed by atoms with E-state index in [4.69, 9.17) is 0 Å². The second-order valence-electron chi connectivity index (χ2n) is 5.32. The third-order valence-corrected chi connectivity index (χ3v) is 4.05. The van der Waals surface area contributed by atoms with Gasteiger partial charge in [-0.3, -0.25) is 0 Å². The van der Waals surface area contributed by atoms with Crippen molar-refractivity contribution in [2.75, 3.05) is 20.1 Å². The summed E-state index contributed by atoms with van der Waals surface area (Å²) in [5, 5.41) is 0. The molecule has 4 rings (SSSR count). The average Bonchev–Trinajstić information content (AvgIpc) is 2.46. The molecule has 0 N–H and O–H groups in total.